The van der Waals surface area contributed by atoms with Gasteiger partial charge in [0, 0.05) is 31.6 Å². The fraction of sp³-hybridized carbons (Fsp3) is 0.115. The first kappa shape index (κ1) is 22.6. The summed E-state index contributed by atoms with van der Waals surface area (Å²) >= 11 is 7.10. The van der Waals surface area contributed by atoms with Gasteiger partial charge >= 0.3 is 5.97 Å². The van der Waals surface area contributed by atoms with Crippen LogP contribution in [0.5, 0.6) is 5.75 Å². The molecule has 0 N–H and O–H groups in total. The Morgan fingerprint density at radius 1 is 1.06 bits per heavy atom. The van der Waals surface area contributed by atoms with Gasteiger partial charge in [0.25, 0.3) is 0 Å². The molecule has 32 heavy (non-hydrogen) atoms. The zero-order valence-electron chi connectivity index (χ0n) is 17.6. The number of halogens is 1. The molecule has 0 fully saturated rings. The molecule has 0 amide bonds. The van der Waals surface area contributed by atoms with Crippen LogP contribution in [-0.2, 0) is 9.68 Å². The highest BCUT2D eigenvalue weighted by atomic mass is 79.9. The van der Waals surface area contributed by atoms with Gasteiger partial charge in [0.05, 0.1) is 0 Å². The lowest BCUT2D eigenvalue weighted by molar-refractivity contribution is -0.211. The SMILES string of the molecule is CC(=O)OOc1ccc(SCC=C(c2ccc(Br)cc2)c2cc3ccccc3s2)cc1C. The number of rotatable bonds is 7. The standard InChI is InChI=1S/C26H21BrO3S2/c1-17-15-22(11-12-24(17)30-29-18(2)28)31-14-13-23(19-7-9-21(27)10-8-19)26-16-20-5-3-4-6-25(20)32-26/h3-13,15-16H,14H2,1-2H3. The number of fused-ring (bicyclic) bond motifs is 1. The van der Waals surface area contributed by atoms with E-state index in [-0.39, 0.29) is 0 Å². The summed E-state index contributed by atoms with van der Waals surface area (Å²) in [5.74, 6) is 0.888. The lowest BCUT2D eigenvalue weighted by Crippen LogP contribution is -2.03. The van der Waals surface area contributed by atoms with E-state index >= 15 is 0 Å². The fourth-order valence-electron chi connectivity index (χ4n) is 3.23. The van der Waals surface area contributed by atoms with Crippen molar-refractivity contribution in [1.82, 2.24) is 0 Å². The molecule has 0 aliphatic heterocycles. The van der Waals surface area contributed by atoms with Gasteiger partial charge in [0.2, 0.25) is 0 Å². The molecule has 4 aromatic rings. The van der Waals surface area contributed by atoms with E-state index in [2.05, 4.69) is 81.5 Å². The zero-order valence-corrected chi connectivity index (χ0v) is 20.9. The van der Waals surface area contributed by atoms with Crippen molar-refractivity contribution in [3.63, 3.8) is 0 Å². The second kappa shape index (κ2) is 10.4. The van der Waals surface area contributed by atoms with Gasteiger partial charge in [-0.25, -0.2) is 4.79 Å². The van der Waals surface area contributed by atoms with E-state index in [0.717, 1.165) is 20.7 Å². The Morgan fingerprint density at radius 2 is 1.84 bits per heavy atom. The summed E-state index contributed by atoms with van der Waals surface area (Å²) in [6.45, 7) is 3.24. The molecule has 3 aromatic carbocycles. The third-order valence-corrected chi connectivity index (χ3v) is 7.38. The van der Waals surface area contributed by atoms with Crippen molar-refractivity contribution in [2.45, 2.75) is 18.7 Å². The van der Waals surface area contributed by atoms with Gasteiger partial charge in [-0.3, -0.25) is 9.78 Å². The van der Waals surface area contributed by atoms with Crippen molar-refractivity contribution in [3.05, 3.63) is 99.3 Å². The van der Waals surface area contributed by atoms with Gasteiger partial charge in [-0.15, -0.1) is 23.1 Å². The molecule has 0 radical (unpaired) electrons. The normalized spacial score (nSPS) is 11.5. The molecule has 0 aliphatic carbocycles. The molecule has 0 spiro atoms. The second-order valence-corrected chi connectivity index (χ2v) is 10.3. The Kier molecular flexibility index (Phi) is 7.35. The van der Waals surface area contributed by atoms with Gasteiger partial charge in [0.15, 0.2) is 5.75 Å². The number of carbonyl (C=O) groups is 1. The lowest BCUT2D eigenvalue weighted by atomic mass is 10.0. The molecular weight excluding hydrogens is 504 g/mol. The molecule has 0 saturated heterocycles. The first-order chi connectivity index (χ1) is 15.5. The Hall–Kier alpha value is -2.54. The summed E-state index contributed by atoms with van der Waals surface area (Å²) in [6, 6.07) is 25.0. The highest BCUT2D eigenvalue weighted by molar-refractivity contribution is 9.10. The minimum atomic E-state index is -0.477. The average molecular weight is 525 g/mol. The molecule has 0 bridgehead atoms. The minimum Gasteiger partial charge on any atom is -0.287 e. The molecule has 0 atom stereocenters. The number of hydrogen-bond donors (Lipinski definition) is 0. The number of aryl methyl sites for hydroxylation is 1. The number of thioether (sulfide) groups is 1. The van der Waals surface area contributed by atoms with E-state index in [1.54, 1.807) is 11.8 Å². The van der Waals surface area contributed by atoms with Gasteiger partial charge in [-0.2, -0.15) is 0 Å². The summed E-state index contributed by atoms with van der Waals surface area (Å²) in [5, 5.41) is 1.27. The predicted octanol–water partition coefficient (Wildman–Crippen LogP) is 8.05. The summed E-state index contributed by atoms with van der Waals surface area (Å²) in [4.78, 5) is 23.0. The average Bonchev–Trinajstić information content (AvgIpc) is 3.21. The maximum absolute atomic E-state index is 11.0. The van der Waals surface area contributed by atoms with E-state index in [4.69, 9.17) is 4.89 Å². The van der Waals surface area contributed by atoms with Crippen molar-refractivity contribution in [1.29, 1.82) is 0 Å². The molecule has 162 valence electrons. The zero-order chi connectivity index (χ0) is 22.5. The van der Waals surface area contributed by atoms with Crippen LogP contribution in [0, 0.1) is 6.92 Å². The highest BCUT2D eigenvalue weighted by Crippen LogP contribution is 2.35. The molecule has 0 aliphatic rings. The van der Waals surface area contributed by atoms with E-state index in [9.17, 15) is 4.79 Å². The van der Waals surface area contributed by atoms with Crippen molar-refractivity contribution in [2.24, 2.45) is 0 Å². The van der Waals surface area contributed by atoms with Crippen LogP contribution in [0.25, 0.3) is 15.7 Å². The van der Waals surface area contributed by atoms with Gasteiger partial charge < -0.3 is 0 Å². The quantitative estimate of drug-likeness (QED) is 0.139. The van der Waals surface area contributed by atoms with Crippen LogP contribution in [0.1, 0.15) is 22.9 Å². The smallest absolute Gasteiger partial charge is 0.287 e. The van der Waals surface area contributed by atoms with E-state index in [1.165, 1.54) is 33.0 Å². The van der Waals surface area contributed by atoms with Gasteiger partial charge in [0.1, 0.15) is 0 Å². The third-order valence-electron chi connectivity index (χ3n) is 4.78. The van der Waals surface area contributed by atoms with Crippen LogP contribution in [0.15, 0.2) is 88.2 Å². The van der Waals surface area contributed by atoms with E-state index < -0.39 is 5.97 Å². The maximum atomic E-state index is 11.0. The molecule has 0 unspecified atom stereocenters. The number of benzene rings is 3. The van der Waals surface area contributed by atoms with E-state index in [1.807, 2.05) is 36.5 Å². The van der Waals surface area contributed by atoms with Crippen LogP contribution in [-0.4, -0.2) is 11.7 Å². The summed E-state index contributed by atoms with van der Waals surface area (Å²) in [5.41, 5.74) is 3.34. The molecule has 1 aromatic heterocycles. The summed E-state index contributed by atoms with van der Waals surface area (Å²) < 4.78 is 2.36. The molecule has 6 heteroatoms. The summed E-state index contributed by atoms with van der Waals surface area (Å²) in [6.07, 6.45) is 2.29. The monoisotopic (exact) mass is 524 g/mol. The Labute approximate surface area is 204 Å². The molecular formula is C26H21BrO3S2. The highest BCUT2D eigenvalue weighted by Gasteiger charge is 2.10. The molecule has 1 heterocycles. The molecule has 3 nitrogen and oxygen atoms in total. The largest absolute Gasteiger partial charge is 0.352 e. The topological polar surface area (TPSA) is 35.5 Å². The molecule has 0 saturated carbocycles. The van der Waals surface area contributed by atoms with Crippen molar-refractivity contribution in [2.75, 3.05) is 5.75 Å². The third kappa shape index (κ3) is 5.63. The minimum absolute atomic E-state index is 0.477. The molecule has 4 rings (SSSR count). The van der Waals surface area contributed by atoms with Crippen molar-refractivity contribution >= 4 is 60.7 Å². The first-order valence-corrected chi connectivity index (χ1v) is 12.6. The lowest BCUT2D eigenvalue weighted by Gasteiger charge is -2.09. The van der Waals surface area contributed by atoms with Crippen LogP contribution in [0.2, 0.25) is 0 Å². The van der Waals surface area contributed by atoms with Crippen LogP contribution >= 0.6 is 39.0 Å². The van der Waals surface area contributed by atoms with Crippen molar-refractivity contribution < 1.29 is 14.6 Å². The second-order valence-electron chi connectivity index (χ2n) is 7.17. The maximum Gasteiger partial charge on any atom is 0.352 e. The van der Waals surface area contributed by atoms with Crippen LogP contribution in [0.3, 0.4) is 0 Å². The fourth-order valence-corrected chi connectivity index (χ4v) is 5.49. The van der Waals surface area contributed by atoms with Gasteiger partial charge in [-0.1, -0.05) is 52.3 Å². The van der Waals surface area contributed by atoms with Crippen molar-refractivity contribution in [3.8, 4) is 5.75 Å². The van der Waals surface area contributed by atoms with E-state index in [0.29, 0.717) is 5.75 Å². The number of thiophene rings is 1. The number of hydrogen-bond acceptors (Lipinski definition) is 5. The predicted molar refractivity (Wildman–Crippen MR) is 137 cm³/mol. The van der Waals surface area contributed by atoms with Crippen LogP contribution in [0.4, 0.5) is 0 Å². The number of carbonyl (C=O) groups excluding carboxylic acids is 1. The van der Waals surface area contributed by atoms with Crippen LogP contribution < -0.4 is 4.89 Å². The van der Waals surface area contributed by atoms with Gasteiger partial charge in [-0.05, 0) is 71.5 Å². The first-order valence-electron chi connectivity index (χ1n) is 10.0. The Bertz CT molecular complexity index is 1240. The Morgan fingerprint density at radius 3 is 2.56 bits per heavy atom. The Balaban J connectivity index is 1.56. The summed E-state index contributed by atoms with van der Waals surface area (Å²) in [7, 11) is 0.